The summed E-state index contributed by atoms with van der Waals surface area (Å²) in [7, 11) is 0. The molecule has 3 amide bonds. The number of β-lactam (4-membered cyclic amide) rings is 1. The number of thioether (sulfide) groups is 1. The zero-order valence-corrected chi connectivity index (χ0v) is 24.5. The van der Waals surface area contributed by atoms with Crippen LogP contribution in [0.2, 0.25) is 0 Å². The summed E-state index contributed by atoms with van der Waals surface area (Å²) in [6.07, 6.45) is 3.62. The SMILES string of the molecule is C[C@@H](NC(=O)Cn1cnnn1)[C@H]1C(=O)N2C(C(=O)O)=C(S[C@@H]3CN[C@H](C(=O)N4C[C@H]5C[C@H](N)C[C@@]5(CN)C4)C3)[C@H](C)[C@H]12. The molecule has 5 heterocycles. The Morgan fingerprint density at radius 2 is 2.12 bits per heavy atom. The fourth-order valence-electron chi connectivity index (χ4n) is 7.91. The van der Waals surface area contributed by atoms with E-state index in [1.165, 1.54) is 27.7 Å². The van der Waals surface area contributed by atoms with E-state index in [1.807, 2.05) is 11.8 Å². The number of nitrogens with one attached hydrogen (secondary N) is 2. The maximum Gasteiger partial charge on any atom is 0.353 e. The third kappa shape index (κ3) is 4.77. The first-order chi connectivity index (χ1) is 20.0. The number of nitrogens with zero attached hydrogens (tertiary/aromatic N) is 6. The molecular weight excluding hydrogens is 564 g/mol. The quantitative estimate of drug-likeness (QED) is 0.193. The third-order valence-corrected chi connectivity index (χ3v) is 11.4. The molecule has 0 bridgehead atoms. The standard InChI is InChI=1S/C26H38N10O5S/c1-12-20-19(13(2)31-18(37)8-35-11-30-32-33-35)24(39)36(20)21(25(40)41)22(12)42-16-4-17(29-6-16)23(38)34-7-14-3-15(28)5-26(14,9-27)10-34/h11-17,19-20,29H,3-10,27-28H2,1-2H3,(H,31,37)(H,40,41)/t12-,13-,14-,15+,16+,17+,19-,20-,26-/m1/s1. The van der Waals surface area contributed by atoms with Gasteiger partial charge in [0.2, 0.25) is 17.7 Å². The first-order valence-electron chi connectivity index (χ1n) is 14.5. The summed E-state index contributed by atoms with van der Waals surface area (Å²) in [6, 6.07) is -1.09. The fraction of sp³-hybridized carbons (Fsp3) is 0.731. The lowest BCUT2D eigenvalue weighted by molar-refractivity contribution is -0.158. The van der Waals surface area contributed by atoms with E-state index in [4.69, 9.17) is 11.5 Å². The van der Waals surface area contributed by atoms with E-state index in [0.29, 0.717) is 43.4 Å². The molecule has 0 unspecified atom stereocenters. The van der Waals surface area contributed by atoms with Crippen LogP contribution in [0.3, 0.4) is 0 Å². The molecule has 5 aliphatic rings. The molecule has 0 aromatic carbocycles. The number of carboxylic acid groups (broad SMARTS) is 1. The van der Waals surface area contributed by atoms with Gasteiger partial charge in [0.05, 0.1) is 18.0 Å². The monoisotopic (exact) mass is 602 g/mol. The number of nitrogens with two attached hydrogens (primary N) is 2. The second kappa shape index (κ2) is 10.9. The Kier molecular flexibility index (Phi) is 7.52. The highest BCUT2D eigenvalue weighted by molar-refractivity contribution is 8.03. The molecular formula is C26H38N10O5S. The smallest absolute Gasteiger partial charge is 0.353 e. The number of carbonyl (C=O) groups is 4. The van der Waals surface area contributed by atoms with Gasteiger partial charge < -0.3 is 37.0 Å². The zero-order chi connectivity index (χ0) is 29.9. The van der Waals surface area contributed by atoms with Gasteiger partial charge in [-0.3, -0.25) is 14.4 Å². The predicted molar refractivity (Wildman–Crippen MR) is 150 cm³/mol. The lowest BCUT2D eigenvalue weighted by atomic mass is 9.78. The molecule has 4 aliphatic heterocycles. The topological polar surface area (TPSA) is 215 Å². The molecule has 1 aromatic rings. The molecule has 3 saturated heterocycles. The van der Waals surface area contributed by atoms with Crippen LogP contribution in [0.5, 0.6) is 0 Å². The Morgan fingerprint density at radius 3 is 2.79 bits per heavy atom. The van der Waals surface area contributed by atoms with E-state index in [2.05, 4.69) is 26.2 Å². The number of carboxylic acids is 1. The second-order valence-corrected chi connectivity index (χ2v) is 13.9. The first kappa shape index (κ1) is 29.0. The van der Waals surface area contributed by atoms with Gasteiger partial charge >= 0.3 is 5.97 Å². The van der Waals surface area contributed by atoms with Gasteiger partial charge in [0, 0.05) is 59.8 Å². The molecule has 6 rings (SSSR count). The Hall–Kier alpha value is -3.08. The van der Waals surface area contributed by atoms with Crippen molar-refractivity contribution in [3.63, 3.8) is 0 Å². The van der Waals surface area contributed by atoms with Gasteiger partial charge in [0.1, 0.15) is 18.6 Å². The summed E-state index contributed by atoms with van der Waals surface area (Å²) < 4.78 is 1.28. The molecule has 228 valence electrons. The summed E-state index contributed by atoms with van der Waals surface area (Å²) in [5.74, 6) is -2.21. The van der Waals surface area contributed by atoms with Crippen LogP contribution < -0.4 is 22.1 Å². The van der Waals surface area contributed by atoms with Gasteiger partial charge in [0.25, 0.3) is 0 Å². The summed E-state index contributed by atoms with van der Waals surface area (Å²) in [4.78, 5) is 55.5. The van der Waals surface area contributed by atoms with Crippen LogP contribution in [0.1, 0.15) is 33.1 Å². The molecule has 42 heavy (non-hydrogen) atoms. The summed E-state index contributed by atoms with van der Waals surface area (Å²) in [6.45, 7) is 5.98. The molecule has 16 heteroatoms. The average molecular weight is 603 g/mol. The van der Waals surface area contributed by atoms with Gasteiger partial charge in [-0.05, 0) is 42.5 Å². The Bertz CT molecular complexity index is 1310. The number of hydrogen-bond donors (Lipinski definition) is 5. The predicted octanol–water partition coefficient (Wildman–Crippen LogP) is -2.06. The van der Waals surface area contributed by atoms with Crippen molar-refractivity contribution in [1.82, 2.24) is 40.6 Å². The number of aliphatic carboxylic acids is 1. The molecule has 1 saturated carbocycles. The Morgan fingerprint density at radius 1 is 1.33 bits per heavy atom. The highest BCUT2D eigenvalue weighted by Gasteiger charge is 2.60. The number of hydrogen-bond acceptors (Lipinski definition) is 11. The number of amides is 3. The van der Waals surface area contributed by atoms with Crippen LogP contribution in [0, 0.1) is 23.2 Å². The normalized spacial score (nSPS) is 36.2. The van der Waals surface area contributed by atoms with Gasteiger partial charge in [-0.1, -0.05) is 6.92 Å². The summed E-state index contributed by atoms with van der Waals surface area (Å²) >= 11 is 1.45. The van der Waals surface area contributed by atoms with Crippen molar-refractivity contribution in [3.05, 3.63) is 16.9 Å². The molecule has 1 aromatic heterocycles. The van der Waals surface area contributed by atoms with Crippen molar-refractivity contribution in [2.24, 2.45) is 34.6 Å². The van der Waals surface area contributed by atoms with E-state index in [9.17, 15) is 24.3 Å². The zero-order valence-electron chi connectivity index (χ0n) is 23.7. The van der Waals surface area contributed by atoms with Crippen LogP contribution in [0.25, 0.3) is 0 Å². The van der Waals surface area contributed by atoms with Crippen molar-refractivity contribution in [2.75, 3.05) is 26.2 Å². The highest BCUT2D eigenvalue weighted by Crippen LogP contribution is 2.52. The molecule has 0 radical (unpaired) electrons. The molecule has 9 atom stereocenters. The summed E-state index contributed by atoms with van der Waals surface area (Å²) in [5, 5.41) is 27.0. The molecule has 1 aliphatic carbocycles. The maximum absolute atomic E-state index is 13.5. The molecule has 7 N–H and O–H groups in total. The van der Waals surface area contributed by atoms with Crippen LogP contribution in [-0.2, 0) is 25.7 Å². The highest BCUT2D eigenvalue weighted by atomic mass is 32.2. The third-order valence-electron chi connectivity index (χ3n) is 9.88. The van der Waals surface area contributed by atoms with Crippen molar-refractivity contribution >= 4 is 35.5 Å². The number of tetrazole rings is 1. The van der Waals surface area contributed by atoms with Crippen molar-refractivity contribution in [2.45, 2.75) is 69.1 Å². The largest absolute Gasteiger partial charge is 0.477 e. The van der Waals surface area contributed by atoms with Crippen LogP contribution >= 0.6 is 11.8 Å². The van der Waals surface area contributed by atoms with Crippen LogP contribution in [-0.4, -0.2) is 114 Å². The molecule has 0 spiro atoms. The lowest BCUT2D eigenvalue weighted by Gasteiger charge is -2.47. The number of likely N-dealkylation sites (tertiary alicyclic amines) is 1. The number of fused-ring (bicyclic) bond motifs is 2. The van der Waals surface area contributed by atoms with Gasteiger partial charge in [0.15, 0.2) is 0 Å². The number of carbonyl (C=O) groups excluding carboxylic acids is 3. The van der Waals surface area contributed by atoms with E-state index in [-0.39, 0.29) is 64.7 Å². The van der Waals surface area contributed by atoms with E-state index in [1.54, 1.807) is 6.92 Å². The minimum atomic E-state index is -1.15. The summed E-state index contributed by atoms with van der Waals surface area (Å²) in [5.41, 5.74) is 12.3. The fourth-order valence-corrected chi connectivity index (χ4v) is 9.39. The maximum atomic E-state index is 13.5. The minimum Gasteiger partial charge on any atom is -0.477 e. The number of rotatable bonds is 9. The van der Waals surface area contributed by atoms with E-state index < -0.39 is 17.9 Å². The molecule has 15 nitrogen and oxygen atoms in total. The van der Waals surface area contributed by atoms with Gasteiger partial charge in [-0.2, -0.15) is 0 Å². The first-order valence-corrected chi connectivity index (χ1v) is 15.4. The minimum absolute atomic E-state index is 0.00865. The van der Waals surface area contributed by atoms with Crippen molar-refractivity contribution in [3.8, 4) is 0 Å². The Labute approximate surface area is 247 Å². The second-order valence-electron chi connectivity index (χ2n) is 12.5. The van der Waals surface area contributed by atoms with Crippen molar-refractivity contribution in [1.29, 1.82) is 0 Å². The Balaban J connectivity index is 1.09. The van der Waals surface area contributed by atoms with E-state index >= 15 is 0 Å². The van der Waals surface area contributed by atoms with Gasteiger partial charge in [-0.15, -0.1) is 16.9 Å². The van der Waals surface area contributed by atoms with Crippen molar-refractivity contribution < 1.29 is 24.3 Å². The van der Waals surface area contributed by atoms with E-state index in [0.717, 1.165) is 12.8 Å². The number of aromatic nitrogens is 4. The van der Waals surface area contributed by atoms with Crippen LogP contribution in [0.4, 0.5) is 0 Å². The van der Waals surface area contributed by atoms with Crippen LogP contribution in [0.15, 0.2) is 16.9 Å². The lowest BCUT2D eigenvalue weighted by Crippen LogP contribution is -2.66. The molecule has 4 fully saturated rings. The average Bonchev–Trinajstić information content (AvgIpc) is 3.74. The van der Waals surface area contributed by atoms with Gasteiger partial charge in [-0.25, -0.2) is 9.48 Å².